The maximum Gasteiger partial charge on any atom is 0.333 e. The van der Waals surface area contributed by atoms with Crippen molar-refractivity contribution < 1.29 is 33.4 Å². The van der Waals surface area contributed by atoms with Crippen molar-refractivity contribution in [2.24, 2.45) is 28.6 Å². The molecule has 3 aliphatic rings. The number of ketones is 1. The van der Waals surface area contributed by atoms with Crippen molar-refractivity contribution in [2.45, 2.75) is 74.0 Å². The fourth-order valence-corrected chi connectivity index (χ4v) is 6.41. The number of carbonyl (C=O) groups is 4. The van der Waals surface area contributed by atoms with Gasteiger partial charge in [0.25, 0.3) is 0 Å². The van der Waals surface area contributed by atoms with Crippen LogP contribution in [0, 0.1) is 28.6 Å². The zero-order valence-corrected chi connectivity index (χ0v) is 21.4. The summed E-state index contributed by atoms with van der Waals surface area (Å²) in [6.45, 7) is 14.2. The highest BCUT2D eigenvalue weighted by Gasteiger charge is 2.75. The van der Waals surface area contributed by atoms with Crippen LogP contribution in [0.25, 0.3) is 0 Å². The van der Waals surface area contributed by atoms with Crippen molar-refractivity contribution in [2.75, 3.05) is 6.61 Å². The van der Waals surface area contributed by atoms with Crippen molar-refractivity contribution >= 4 is 23.7 Å². The molecule has 0 aliphatic heterocycles. The van der Waals surface area contributed by atoms with E-state index in [9.17, 15) is 19.2 Å². The lowest BCUT2D eigenvalue weighted by Gasteiger charge is -2.65. The predicted octanol–water partition coefficient (Wildman–Crippen LogP) is 4.11. The Morgan fingerprint density at radius 3 is 2.24 bits per heavy atom. The molecule has 4 bridgehead atoms. The van der Waals surface area contributed by atoms with Crippen LogP contribution in [-0.2, 0) is 33.4 Å². The molecule has 34 heavy (non-hydrogen) atoms. The molecule has 0 N–H and O–H groups in total. The molecule has 0 spiro atoms. The average molecular weight is 473 g/mol. The van der Waals surface area contributed by atoms with Gasteiger partial charge in [0, 0.05) is 41.7 Å². The Balaban J connectivity index is 2.09. The minimum Gasteiger partial charge on any atom is -0.462 e. The lowest BCUT2D eigenvalue weighted by molar-refractivity contribution is -0.210. The van der Waals surface area contributed by atoms with Crippen LogP contribution in [0.2, 0.25) is 0 Å². The van der Waals surface area contributed by atoms with Gasteiger partial charge in [0.05, 0.1) is 0 Å². The van der Waals surface area contributed by atoms with Gasteiger partial charge in [0.2, 0.25) is 0 Å². The van der Waals surface area contributed by atoms with Crippen LogP contribution in [0.5, 0.6) is 0 Å². The molecular weight excluding hydrogens is 436 g/mol. The molecule has 7 heteroatoms. The molecular formula is C27H36O7. The number of esters is 3. The smallest absolute Gasteiger partial charge is 0.333 e. The van der Waals surface area contributed by atoms with Gasteiger partial charge in [0.1, 0.15) is 18.8 Å². The van der Waals surface area contributed by atoms with Gasteiger partial charge in [0.15, 0.2) is 5.78 Å². The van der Waals surface area contributed by atoms with E-state index in [1.165, 1.54) is 13.0 Å². The number of ether oxygens (including phenoxy) is 3. The fourth-order valence-electron chi connectivity index (χ4n) is 6.41. The fraction of sp³-hybridized carbons (Fsp3) is 0.630. The number of hydrogen-bond acceptors (Lipinski definition) is 7. The summed E-state index contributed by atoms with van der Waals surface area (Å²) in [7, 11) is 0. The third-order valence-electron chi connectivity index (χ3n) is 8.09. The summed E-state index contributed by atoms with van der Waals surface area (Å²) in [5, 5.41) is 0. The van der Waals surface area contributed by atoms with Gasteiger partial charge in [-0.05, 0) is 52.5 Å². The van der Waals surface area contributed by atoms with E-state index in [1.54, 1.807) is 39.8 Å². The van der Waals surface area contributed by atoms with Gasteiger partial charge < -0.3 is 14.2 Å². The first-order chi connectivity index (χ1) is 15.8. The molecule has 186 valence electrons. The molecule has 2 fully saturated rings. The molecule has 0 aromatic heterocycles. The molecule has 0 amide bonds. The average Bonchev–Trinajstić information content (AvgIpc) is 2.83. The van der Waals surface area contributed by atoms with Crippen LogP contribution < -0.4 is 0 Å². The zero-order chi connectivity index (χ0) is 25.6. The van der Waals surface area contributed by atoms with E-state index in [0.717, 1.165) is 11.1 Å². The van der Waals surface area contributed by atoms with E-state index >= 15 is 0 Å². The molecule has 3 rings (SSSR count). The highest BCUT2D eigenvalue weighted by atomic mass is 16.6. The van der Waals surface area contributed by atoms with Crippen LogP contribution >= 0.6 is 0 Å². The topological polar surface area (TPSA) is 96.0 Å². The molecule has 0 unspecified atom stereocenters. The molecule has 0 aromatic carbocycles. The molecule has 0 heterocycles. The Kier molecular flexibility index (Phi) is 6.98. The minimum absolute atomic E-state index is 0.0160. The number of hydrogen-bond donors (Lipinski definition) is 0. The van der Waals surface area contributed by atoms with Crippen LogP contribution in [0.4, 0.5) is 0 Å². The molecule has 0 saturated heterocycles. The number of rotatable bonds is 6. The van der Waals surface area contributed by atoms with Crippen molar-refractivity contribution in [1.29, 1.82) is 0 Å². The van der Waals surface area contributed by atoms with Crippen LogP contribution in [0.1, 0.15) is 61.8 Å². The van der Waals surface area contributed by atoms with E-state index in [1.807, 2.05) is 20.8 Å². The van der Waals surface area contributed by atoms with Gasteiger partial charge in [-0.15, -0.1) is 0 Å². The van der Waals surface area contributed by atoms with Gasteiger partial charge >= 0.3 is 17.9 Å². The first kappa shape index (κ1) is 25.9. The normalized spacial score (nSPS) is 36.4. The Labute approximate surface area is 201 Å². The van der Waals surface area contributed by atoms with E-state index in [2.05, 4.69) is 0 Å². The Hall–Kier alpha value is -2.70. The van der Waals surface area contributed by atoms with Crippen LogP contribution in [0.15, 0.2) is 34.9 Å². The lowest BCUT2D eigenvalue weighted by atomic mass is 9.37. The van der Waals surface area contributed by atoms with Gasteiger partial charge in [-0.3, -0.25) is 9.59 Å². The molecule has 0 aromatic rings. The highest BCUT2D eigenvalue weighted by molar-refractivity contribution is 5.97. The van der Waals surface area contributed by atoms with Crippen LogP contribution in [-0.4, -0.2) is 42.5 Å². The third-order valence-corrected chi connectivity index (χ3v) is 8.09. The first-order valence-electron chi connectivity index (χ1n) is 11.8. The number of fused-ring (bicyclic) bond motifs is 1. The van der Waals surface area contributed by atoms with Crippen molar-refractivity contribution in [3.8, 4) is 0 Å². The molecule has 3 aliphatic carbocycles. The highest BCUT2D eigenvalue weighted by Crippen LogP contribution is 2.72. The second kappa shape index (κ2) is 9.16. The van der Waals surface area contributed by atoms with Crippen molar-refractivity contribution in [1.82, 2.24) is 0 Å². The van der Waals surface area contributed by atoms with E-state index < -0.39 is 46.9 Å². The van der Waals surface area contributed by atoms with Crippen molar-refractivity contribution in [3.63, 3.8) is 0 Å². The van der Waals surface area contributed by atoms with E-state index in [-0.39, 0.29) is 30.6 Å². The Morgan fingerprint density at radius 1 is 1.06 bits per heavy atom. The third kappa shape index (κ3) is 4.14. The monoisotopic (exact) mass is 472 g/mol. The minimum atomic E-state index is -0.840. The summed E-state index contributed by atoms with van der Waals surface area (Å²) >= 11 is 0. The molecule has 7 atom stereocenters. The standard InChI is InChI=1S/C27H36O7/c1-9-15(4)25(31)32-13-26(7)19(33-17(6)28)12-20(34-21(30)10-14(2)3)27(8)22-16(5)11-18(29)23(27)24(22)26/h9-11,19-20,22-24H,12-13H2,1-8H3/b15-9-/t19-,20-,22+,23-,24+,26+,27-/m1/s1. The predicted molar refractivity (Wildman–Crippen MR) is 125 cm³/mol. The zero-order valence-electron chi connectivity index (χ0n) is 21.4. The van der Waals surface area contributed by atoms with Gasteiger partial charge in [-0.1, -0.05) is 31.1 Å². The first-order valence-corrected chi connectivity index (χ1v) is 11.8. The maximum atomic E-state index is 13.3. The molecule has 7 nitrogen and oxygen atoms in total. The van der Waals surface area contributed by atoms with Crippen LogP contribution in [0.3, 0.4) is 0 Å². The molecule has 0 radical (unpaired) electrons. The lowest BCUT2D eigenvalue weighted by Crippen LogP contribution is -2.68. The summed E-state index contributed by atoms with van der Waals surface area (Å²) in [5.41, 5.74) is 0.711. The quantitative estimate of drug-likeness (QED) is 0.326. The number of carbonyl (C=O) groups excluding carboxylic acids is 4. The maximum absolute atomic E-state index is 13.3. The summed E-state index contributed by atoms with van der Waals surface area (Å²) < 4.78 is 17.4. The number of allylic oxidation sites excluding steroid dienone is 4. The summed E-state index contributed by atoms with van der Waals surface area (Å²) in [6.07, 6.45) is 3.64. The summed E-state index contributed by atoms with van der Waals surface area (Å²) in [6, 6.07) is 0. The Morgan fingerprint density at radius 2 is 1.71 bits per heavy atom. The van der Waals surface area contributed by atoms with Gasteiger partial charge in [-0.2, -0.15) is 0 Å². The largest absolute Gasteiger partial charge is 0.462 e. The van der Waals surface area contributed by atoms with E-state index in [4.69, 9.17) is 14.2 Å². The van der Waals surface area contributed by atoms with E-state index in [0.29, 0.717) is 5.57 Å². The molecule has 2 saturated carbocycles. The Bertz CT molecular complexity index is 998. The van der Waals surface area contributed by atoms with Gasteiger partial charge in [-0.25, -0.2) is 9.59 Å². The summed E-state index contributed by atoms with van der Waals surface area (Å²) in [5.74, 6) is -2.17. The van der Waals surface area contributed by atoms with Crippen molar-refractivity contribution in [3.05, 3.63) is 34.9 Å². The summed E-state index contributed by atoms with van der Waals surface area (Å²) in [4.78, 5) is 50.5. The second-order valence-electron chi connectivity index (χ2n) is 10.7. The SMILES string of the molecule is C/C=C(/C)C(=O)OC[C@]1(C)[C@@H]2[C@H]3C(=O)C=C(C)[C@@H]2[C@@]3(C)[C@H](OC(=O)C=C(C)C)C[C@H]1OC(C)=O. The second-order valence-corrected chi connectivity index (χ2v) is 10.7.